The van der Waals surface area contributed by atoms with Crippen molar-refractivity contribution in [2.75, 3.05) is 0 Å². The fourth-order valence-corrected chi connectivity index (χ4v) is 2.42. The van der Waals surface area contributed by atoms with Gasteiger partial charge in [0, 0.05) is 19.0 Å². The molecule has 1 aromatic heterocycles. The molecule has 2 N–H and O–H groups in total. The zero-order chi connectivity index (χ0) is 13.2. The molecule has 100 valence electrons. The van der Waals surface area contributed by atoms with Crippen molar-refractivity contribution in [1.82, 2.24) is 14.9 Å². The molecule has 0 aliphatic heterocycles. The average molecular weight is 259 g/mol. The summed E-state index contributed by atoms with van der Waals surface area (Å²) in [4.78, 5) is 16.1. The number of aliphatic hydroxyl groups excluding tert-OH is 1. The summed E-state index contributed by atoms with van der Waals surface area (Å²) < 4.78 is 1.99. The Morgan fingerprint density at radius 2 is 2.21 bits per heavy atom. The third-order valence-corrected chi connectivity index (χ3v) is 3.59. The molecule has 1 saturated carbocycles. The minimum Gasteiger partial charge on any atom is -0.393 e. The average Bonchev–Trinajstić information content (AvgIpc) is 2.78. The van der Waals surface area contributed by atoms with Crippen molar-refractivity contribution in [3.63, 3.8) is 0 Å². The second-order valence-electron chi connectivity index (χ2n) is 5.07. The first-order valence-corrected chi connectivity index (χ1v) is 6.59. The van der Waals surface area contributed by atoms with Crippen LogP contribution in [0.1, 0.15) is 19.3 Å². The minimum absolute atomic E-state index is 0.0367. The number of imidazole rings is 1. The van der Waals surface area contributed by atoms with Gasteiger partial charge < -0.3 is 15.0 Å². The van der Waals surface area contributed by atoms with Crippen LogP contribution in [0.4, 0.5) is 0 Å². The largest absolute Gasteiger partial charge is 0.393 e. The molecule has 1 amide bonds. The Hall–Kier alpha value is -1.88. The van der Waals surface area contributed by atoms with Gasteiger partial charge in [0.1, 0.15) is 0 Å². The van der Waals surface area contributed by atoms with Gasteiger partial charge in [-0.1, -0.05) is 12.1 Å². The van der Waals surface area contributed by atoms with E-state index in [0.717, 1.165) is 11.0 Å². The summed E-state index contributed by atoms with van der Waals surface area (Å²) in [5.74, 6) is 0.0367. The van der Waals surface area contributed by atoms with Crippen molar-refractivity contribution in [2.45, 2.75) is 38.0 Å². The number of nitrogens with one attached hydrogen (secondary N) is 1. The number of aryl methyl sites for hydroxylation is 1. The monoisotopic (exact) mass is 259 g/mol. The first kappa shape index (κ1) is 12.2. The predicted octanol–water partition coefficient (Wildman–Crippen LogP) is 1.07. The van der Waals surface area contributed by atoms with Gasteiger partial charge in [-0.2, -0.15) is 0 Å². The predicted molar refractivity (Wildman–Crippen MR) is 71.5 cm³/mol. The molecule has 0 saturated heterocycles. The van der Waals surface area contributed by atoms with E-state index in [2.05, 4.69) is 10.3 Å². The van der Waals surface area contributed by atoms with Gasteiger partial charge in [0.05, 0.1) is 23.5 Å². The van der Waals surface area contributed by atoms with Crippen molar-refractivity contribution in [1.29, 1.82) is 0 Å². The fourth-order valence-electron chi connectivity index (χ4n) is 2.42. The van der Waals surface area contributed by atoms with Crippen LogP contribution >= 0.6 is 0 Å². The van der Waals surface area contributed by atoms with E-state index in [1.807, 2.05) is 28.8 Å². The van der Waals surface area contributed by atoms with Gasteiger partial charge in [-0.25, -0.2) is 4.98 Å². The number of benzene rings is 1. The van der Waals surface area contributed by atoms with E-state index >= 15 is 0 Å². The number of aliphatic hydroxyl groups is 1. The quantitative estimate of drug-likeness (QED) is 0.863. The van der Waals surface area contributed by atoms with Gasteiger partial charge in [0.15, 0.2) is 0 Å². The lowest BCUT2D eigenvalue weighted by atomic mass is 9.89. The molecule has 0 radical (unpaired) electrons. The zero-order valence-corrected chi connectivity index (χ0v) is 10.6. The molecule has 19 heavy (non-hydrogen) atoms. The van der Waals surface area contributed by atoms with E-state index < -0.39 is 0 Å². The number of amides is 1. The van der Waals surface area contributed by atoms with E-state index in [0.29, 0.717) is 25.8 Å². The summed E-state index contributed by atoms with van der Waals surface area (Å²) in [5.41, 5.74) is 2.00. The normalized spacial score (nSPS) is 22.2. The number of hydrogen-bond donors (Lipinski definition) is 2. The van der Waals surface area contributed by atoms with Crippen LogP contribution in [-0.4, -0.2) is 32.7 Å². The minimum atomic E-state index is -0.233. The molecule has 1 aromatic carbocycles. The van der Waals surface area contributed by atoms with Gasteiger partial charge >= 0.3 is 0 Å². The Kier molecular flexibility index (Phi) is 3.21. The first-order valence-electron chi connectivity index (χ1n) is 6.59. The molecule has 0 atom stereocenters. The van der Waals surface area contributed by atoms with Crippen LogP contribution in [0.2, 0.25) is 0 Å². The zero-order valence-electron chi connectivity index (χ0n) is 10.6. The lowest BCUT2D eigenvalue weighted by molar-refractivity contribution is -0.123. The van der Waals surface area contributed by atoms with Crippen molar-refractivity contribution in [3.05, 3.63) is 30.6 Å². The van der Waals surface area contributed by atoms with Crippen LogP contribution in [0.5, 0.6) is 0 Å². The smallest absolute Gasteiger partial charge is 0.222 e. The third kappa shape index (κ3) is 2.61. The van der Waals surface area contributed by atoms with Crippen LogP contribution < -0.4 is 5.32 Å². The number of rotatable bonds is 4. The summed E-state index contributed by atoms with van der Waals surface area (Å²) in [5, 5.41) is 12.1. The van der Waals surface area contributed by atoms with Gasteiger partial charge in [-0.15, -0.1) is 0 Å². The standard InChI is InChI=1S/C14H17N3O2/c18-11-7-10(8-11)16-14(19)5-6-17-9-15-12-3-1-2-4-13(12)17/h1-4,9-11,18H,5-8H2,(H,16,19). The van der Waals surface area contributed by atoms with Crippen molar-refractivity contribution < 1.29 is 9.90 Å². The fraction of sp³-hybridized carbons (Fsp3) is 0.429. The van der Waals surface area contributed by atoms with Crippen LogP contribution in [0.15, 0.2) is 30.6 Å². The summed E-state index contributed by atoms with van der Waals surface area (Å²) in [6.07, 6.45) is 3.33. The van der Waals surface area contributed by atoms with Gasteiger partial charge in [0.2, 0.25) is 5.91 Å². The third-order valence-electron chi connectivity index (χ3n) is 3.59. The number of fused-ring (bicyclic) bond motifs is 1. The number of aromatic nitrogens is 2. The summed E-state index contributed by atoms with van der Waals surface area (Å²) >= 11 is 0. The van der Waals surface area contributed by atoms with E-state index in [4.69, 9.17) is 5.11 Å². The van der Waals surface area contributed by atoms with Gasteiger partial charge in [0.25, 0.3) is 0 Å². The highest BCUT2D eigenvalue weighted by Crippen LogP contribution is 2.19. The molecule has 0 unspecified atom stereocenters. The summed E-state index contributed by atoms with van der Waals surface area (Å²) in [7, 11) is 0. The maximum atomic E-state index is 11.8. The first-order chi connectivity index (χ1) is 9.22. The number of hydrogen-bond acceptors (Lipinski definition) is 3. The molecular formula is C14H17N3O2. The maximum Gasteiger partial charge on any atom is 0.222 e. The Bertz CT molecular complexity index is 587. The molecule has 1 fully saturated rings. The highest BCUT2D eigenvalue weighted by molar-refractivity contribution is 5.77. The molecule has 0 bridgehead atoms. The number of nitrogens with zero attached hydrogens (tertiary/aromatic N) is 2. The second-order valence-corrected chi connectivity index (χ2v) is 5.07. The molecule has 5 nitrogen and oxygen atoms in total. The van der Waals surface area contributed by atoms with E-state index in [1.54, 1.807) is 6.33 Å². The van der Waals surface area contributed by atoms with Crippen LogP contribution in [0.3, 0.4) is 0 Å². The van der Waals surface area contributed by atoms with Crippen LogP contribution in [-0.2, 0) is 11.3 Å². The summed E-state index contributed by atoms with van der Waals surface area (Å²) in [6.45, 7) is 0.627. The second kappa shape index (κ2) is 5.01. The molecule has 3 rings (SSSR count). The molecule has 0 spiro atoms. The number of carbonyl (C=O) groups excluding carboxylic acids is 1. The summed E-state index contributed by atoms with van der Waals surface area (Å²) in [6, 6.07) is 8.04. The van der Waals surface area contributed by atoms with Gasteiger partial charge in [-0.05, 0) is 25.0 Å². The lowest BCUT2D eigenvalue weighted by Gasteiger charge is -2.31. The highest BCUT2D eigenvalue weighted by Gasteiger charge is 2.28. The molecule has 1 aliphatic carbocycles. The SMILES string of the molecule is O=C(CCn1cnc2ccccc21)NC1CC(O)C1. The Morgan fingerprint density at radius 3 is 3.00 bits per heavy atom. The molecule has 2 aromatic rings. The highest BCUT2D eigenvalue weighted by atomic mass is 16.3. The Labute approximate surface area is 111 Å². The molecule has 5 heteroatoms. The lowest BCUT2D eigenvalue weighted by Crippen LogP contribution is -2.46. The number of para-hydroxylation sites is 2. The van der Waals surface area contributed by atoms with Gasteiger partial charge in [-0.3, -0.25) is 4.79 Å². The van der Waals surface area contributed by atoms with Crippen molar-refractivity contribution in [3.8, 4) is 0 Å². The topological polar surface area (TPSA) is 67.2 Å². The molecule has 1 aliphatic rings. The van der Waals surface area contributed by atoms with E-state index in [9.17, 15) is 4.79 Å². The van der Waals surface area contributed by atoms with Crippen molar-refractivity contribution in [2.24, 2.45) is 0 Å². The van der Waals surface area contributed by atoms with Crippen LogP contribution in [0.25, 0.3) is 11.0 Å². The number of carbonyl (C=O) groups is 1. The molecule has 1 heterocycles. The van der Waals surface area contributed by atoms with E-state index in [1.165, 1.54) is 0 Å². The van der Waals surface area contributed by atoms with Crippen LogP contribution in [0, 0.1) is 0 Å². The maximum absolute atomic E-state index is 11.8. The molecular weight excluding hydrogens is 242 g/mol. The van der Waals surface area contributed by atoms with Crippen molar-refractivity contribution >= 4 is 16.9 Å². The Balaban J connectivity index is 1.55. The Morgan fingerprint density at radius 1 is 1.42 bits per heavy atom. The van der Waals surface area contributed by atoms with E-state index in [-0.39, 0.29) is 18.1 Å².